The highest BCUT2D eigenvalue weighted by Crippen LogP contribution is 2.33. The summed E-state index contributed by atoms with van der Waals surface area (Å²) < 4.78 is 48.4. The molecule has 0 spiro atoms. The molecule has 1 rings (SSSR count). The number of halogens is 4. The van der Waals surface area contributed by atoms with E-state index in [4.69, 9.17) is 16.3 Å². The maximum atomic E-state index is 13.3. The van der Waals surface area contributed by atoms with E-state index in [1.807, 2.05) is 0 Å². The van der Waals surface area contributed by atoms with Crippen molar-refractivity contribution in [2.45, 2.75) is 6.92 Å². The van der Waals surface area contributed by atoms with Crippen molar-refractivity contribution in [1.82, 2.24) is 0 Å². The second-order valence-corrected chi connectivity index (χ2v) is 3.32. The Balaban J connectivity index is 3.20. The molecule has 3 nitrogen and oxygen atoms in total. The van der Waals surface area contributed by atoms with Gasteiger partial charge in [0.1, 0.15) is 6.61 Å². The summed E-state index contributed by atoms with van der Waals surface area (Å²) in [6.07, 6.45) is 0. The van der Waals surface area contributed by atoms with Crippen molar-refractivity contribution in [3.05, 3.63) is 23.5 Å². The molecule has 0 aliphatic rings. The zero-order valence-electron chi connectivity index (χ0n) is 8.73. The van der Waals surface area contributed by atoms with Gasteiger partial charge in [-0.15, -0.1) is 11.6 Å². The smallest absolute Gasteiger partial charge is 0.308 e. The van der Waals surface area contributed by atoms with Crippen molar-refractivity contribution < 1.29 is 27.4 Å². The molecular weight excluding hydrogens is 261 g/mol. The topological polar surface area (TPSA) is 35.5 Å². The first-order valence-corrected chi connectivity index (χ1v) is 5.05. The van der Waals surface area contributed by atoms with Gasteiger partial charge in [0, 0.05) is 13.0 Å². The minimum Gasteiger partial charge on any atom is -0.486 e. The number of benzene rings is 1. The second kappa shape index (κ2) is 5.77. The summed E-state index contributed by atoms with van der Waals surface area (Å²) in [4.78, 5) is 10.7. The van der Waals surface area contributed by atoms with Gasteiger partial charge in [0.05, 0.1) is 5.88 Å². The number of alkyl halides is 1. The molecule has 0 amide bonds. The van der Waals surface area contributed by atoms with Crippen molar-refractivity contribution >= 4 is 17.6 Å². The summed E-state index contributed by atoms with van der Waals surface area (Å²) in [7, 11) is 0. The highest BCUT2D eigenvalue weighted by Gasteiger charge is 2.22. The van der Waals surface area contributed by atoms with Crippen LogP contribution in [0, 0.1) is 17.5 Å². The zero-order chi connectivity index (χ0) is 13.0. The Morgan fingerprint density at radius 2 is 2.00 bits per heavy atom. The molecule has 0 bridgehead atoms. The largest absolute Gasteiger partial charge is 0.486 e. The molecule has 0 fully saturated rings. The molecular formula is C10H8ClF3O3. The standard InChI is InChI=1S/C10H8ClF3O3/c1-5(15)17-7-4-6(12)8(13)9(14)10(7)16-3-2-11/h4H,2-3H2,1H3. The van der Waals surface area contributed by atoms with Gasteiger partial charge in [0.2, 0.25) is 11.6 Å². The highest BCUT2D eigenvalue weighted by molar-refractivity contribution is 6.18. The van der Waals surface area contributed by atoms with Crippen LogP contribution in [-0.2, 0) is 4.79 Å². The summed E-state index contributed by atoms with van der Waals surface area (Å²) in [5.74, 6) is -6.75. The summed E-state index contributed by atoms with van der Waals surface area (Å²) in [6.45, 7) is 0.891. The summed E-state index contributed by atoms with van der Waals surface area (Å²) in [5.41, 5.74) is 0. The number of ether oxygens (including phenoxy) is 2. The normalized spacial score (nSPS) is 10.2. The van der Waals surface area contributed by atoms with E-state index in [0.717, 1.165) is 6.92 Å². The predicted molar refractivity (Wildman–Crippen MR) is 53.8 cm³/mol. The van der Waals surface area contributed by atoms with Gasteiger partial charge in [-0.3, -0.25) is 4.79 Å². The van der Waals surface area contributed by atoms with E-state index >= 15 is 0 Å². The van der Waals surface area contributed by atoms with Crippen LogP contribution < -0.4 is 9.47 Å². The molecule has 1 aromatic carbocycles. The zero-order valence-corrected chi connectivity index (χ0v) is 9.48. The number of carbonyl (C=O) groups is 1. The van der Waals surface area contributed by atoms with Crippen molar-refractivity contribution in [1.29, 1.82) is 0 Å². The summed E-state index contributed by atoms with van der Waals surface area (Å²) >= 11 is 5.31. The number of rotatable bonds is 4. The van der Waals surface area contributed by atoms with Crippen LogP contribution in [0.4, 0.5) is 13.2 Å². The Labute approximate surface area is 100 Å². The van der Waals surface area contributed by atoms with Gasteiger partial charge in [-0.25, -0.2) is 8.78 Å². The molecule has 7 heteroatoms. The molecule has 0 aliphatic heterocycles. The highest BCUT2D eigenvalue weighted by atomic mass is 35.5. The number of carbonyl (C=O) groups excluding carboxylic acids is 1. The molecule has 1 aromatic rings. The van der Waals surface area contributed by atoms with Gasteiger partial charge < -0.3 is 9.47 Å². The minimum absolute atomic E-state index is 0.0119. The van der Waals surface area contributed by atoms with Crippen LogP contribution in [0.1, 0.15) is 6.92 Å². The average molecular weight is 269 g/mol. The molecule has 0 heterocycles. The number of esters is 1. The molecule has 17 heavy (non-hydrogen) atoms. The van der Waals surface area contributed by atoms with Gasteiger partial charge in [-0.2, -0.15) is 4.39 Å². The molecule has 0 saturated heterocycles. The third-order valence-electron chi connectivity index (χ3n) is 1.66. The van der Waals surface area contributed by atoms with Crippen LogP contribution in [0.15, 0.2) is 6.07 Å². The van der Waals surface area contributed by atoms with Gasteiger partial charge in [0.15, 0.2) is 17.4 Å². The van der Waals surface area contributed by atoms with E-state index in [1.54, 1.807) is 0 Å². The maximum absolute atomic E-state index is 13.3. The van der Waals surface area contributed by atoms with Crippen molar-refractivity contribution in [3.63, 3.8) is 0 Å². The second-order valence-electron chi connectivity index (χ2n) is 2.94. The molecule has 0 aliphatic carbocycles. The van der Waals surface area contributed by atoms with Gasteiger partial charge in [0.25, 0.3) is 0 Å². The summed E-state index contributed by atoms with van der Waals surface area (Å²) in [6, 6.07) is 0.531. The van der Waals surface area contributed by atoms with Crippen LogP contribution >= 0.6 is 11.6 Å². The van der Waals surface area contributed by atoms with Crippen LogP contribution in [0.3, 0.4) is 0 Å². The monoisotopic (exact) mass is 268 g/mol. The van der Waals surface area contributed by atoms with Crippen molar-refractivity contribution in [2.75, 3.05) is 12.5 Å². The fraction of sp³-hybridized carbons (Fsp3) is 0.300. The van der Waals surface area contributed by atoms with Crippen LogP contribution in [0.25, 0.3) is 0 Å². The molecule has 0 N–H and O–H groups in total. The van der Waals surface area contributed by atoms with Gasteiger partial charge in [-0.05, 0) is 0 Å². The quantitative estimate of drug-likeness (QED) is 0.364. The van der Waals surface area contributed by atoms with Crippen LogP contribution in [0.2, 0.25) is 0 Å². The molecule has 0 atom stereocenters. The fourth-order valence-corrected chi connectivity index (χ4v) is 1.14. The van der Waals surface area contributed by atoms with E-state index in [-0.39, 0.29) is 12.5 Å². The van der Waals surface area contributed by atoms with Gasteiger partial charge in [-0.1, -0.05) is 0 Å². The number of hydrogen-bond acceptors (Lipinski definition) is 3. The maximum Gasteiger partial charge on any atom is 0.308 e. The minimum atomic E-state index is -1.70. The Morgan fingerprint density at radius 1 is 1.35 bits per heavy atom. The third-order valence-corrected chi connectivity index (χ3v) is 1.81. The molecule has 0 unspecified atom stereocenters. The van der Waals surface area contributed by atoms with E-state index < -0.39 is 34.9 Å². The Morgan fingerprint density at radius 3 is 2.53 bits per heavy atom. The molecule has 0 aromatic heterocycles. The summed E-state index contributed by atoms with van der Waals surface area (Å²) in [5, 5.41) is 0. The Kier molecular flexibility index (Phi) is 4.62. The fourth-order valence-electron chi connectivity index (χ4n) is 1.06. The van der Waals surface area contributed by atoms with Crippen molar-refractivity contribution in [2.24, 2.45) is 0 Å². The predicted octanol–water partition coefficient (Wildman–Crippen LogP) is 2.65. The molecule has 0 saturated carbocycles. The lowest BCUT2D eigenvalue weighted by Crippen LogP contribution is -2.09. The van der Waals surface area contributed by atoms with E-state index in [2.05, 4.69) is 4.74 Å². The number of hydrogen-bond donors (Lipinski definition) is 0. The van der Waals surface area contributed by atoms with Crippen LogP contribution in [-0.4, -0.2) is 18.5 Å². The Bertz CT molecular complexity index is 437. The van der Waals surface area contributed by atoms with E-state index in [9.17, 15) is 18.0 Å². The lowest BCUT2D eigenvalue weighted by molar-refractivity contribution is -0.132. The third kappa shape index (κ3) is 3.26. The lowest BCUT2D eigenvalue weighted by Gasteiger charge is -2.11. The van der Waals surface area contributed by atoms with Gasteiger partial charge >= 0.3 is 5.97 Å². The van der Waals surface area contributed by atoms with E-state index in [1.165, 1.54) is 0 Å². The van der Waals surface area contributed by atoms with Crippen LogP contribution in [0.5, 0.6) is 11.5 Å². The Hall–Kier alpha value is -1.43. The SMILES string of the molecule is CC(=O)Oc1cc(F)c(F)c(F)c1OCCCl. The first-order chi connectivity index (χ1) is 7.97. The molecule has 94 valence electrons. The lowest BCUT2D eigenvalue weighted by atomic mass is 10.3. The van der Waals surface area contributed by atoms with Crippen molar-refractivity contribution in [3.8, 4) is 11.5 Å². The molecule has 0 radical (unpaired) electrons. The average Bonchev–Trinajstić information content (AvgIpc) is 2.25. The van der Waals surface area contributed by atoms with E-state index in [0.29, 0.717) is 6.07 Å². The first kappa shape index (κ1) is 13.6. The first-order valence-electron chi connectivity index (χ1n) is 4.52.